The van der Waals surface area contributed by atoms with Crippen LogP contribution in [0.3, 0.4) is 0 Å². The molecule has 2 unspecified atom stereocenters. The van der Waals surface area contributed by atoms with Crippen LogP contribution in [0.2, 0.25) is 0 Å². The first kappa shape index (κ1) is 33.7. The van der Waals surface area contributed by atoms with Gasteiger partial charge in [0.1, 0.15) is 11.5 Å². The highest BCUT2D eigenvalue weighted by molar-refractivity contribution is 8.22. The molecule has 220 valence electrons. The molecule has 0 amide bonds. The van der Waals surface area contributed by atoms with Gasteiger partial charge >= 0.3 is 11.9 Å². The first-order valence-corrected chi connectivity index (χ1v) is 16.8. The van der Waals surface area contributed by atoms with E-state index in [0.29, 0.717) is 48.0 Å². The Morgan fingerprint density at radius 3 is 2.26 bits per heavy atom. The van der Waals surface area contributed by atoms with E-state index in [-0.39, 0.29) is 33.2 Å². The first-order chi connectivity index (χ1) is 18.5. The Labute approximate surface area is 245 Å². The van der Waals surface area contributed by atoms with E-state index in [1.807, 2.05) is 42.2 Å². The summed E-state index contributed by atoms with van der Waals surface area (Å²) in [6.07, 6.45) is 6.32. The summed E-state index contributed by atoms with van der Waals surface area (Å²) in [7, 11) is 0. The predicted molar refractivity (Wildman–Crippen MR) is 163 cm³/mol. The number of thioether (sulfide) groups is 3. The molecular formula is C29H44O7S3. The number of aromatic hydroxyl groups is 1. The molecule has 1 aliphatic rings. The molecule has 1 aromatic carbocycles. The summed E-state index contributed by atoms with van der Waals surface area (Å²) >= 11 is 5.56. The quantitative estimate of drug-likeness (QED) is 0.110. The van der Waals surface area contributed by atoms with Gasteiger partial charge in [0.25, 0.3) is 0 Å². The number of ether oxygens (including phenoxy) is 1. The molecule has 1 saturated heterocycles. The van der Waals surface area contributed by atoms with Gasteiger partial charge in [0.2, 0.25) is 0 Å². The Morgan fingerprint density at radius 1 is 1.05 bits per heavy atom. The minimum Gasteiger partial charge on any atom is -0.507 e. The van der Waals surface area contributed by atoms with Crippen LogP contribution in [0.4, 0.5) is 0 Å². The van der Waals surface area contributed by atoms with Gasteiger partial charge < -0.3 is 20.1 Å². The molecule has 1 aromatic rings. The van der Waals surface area contributed by atoms with Gasteiger partial charge in [0.05, 0.1) is 16.2 Å². The third-order valence-electron chi connectivity index (χ3n) is 7.15. The number of benzene rings is 1. The van der Waals surface area contributed by atoms with Gasteiger partial charge in [-0.1, -0.05) is 27.2 Å². The van der Waals surface area contributed by atoms with Gasteiger partial charge in [-0.05, 0) is 69.8 Å². The summed E-state index contributed by atoms with van der Waals surface area (Å²) in [6.45, 7) is 8.36. The molecule has 1 aliphatic heterocycles. The fourth-order valence-corrected chi connectivity index (χ4v) is 11.4. The number of ketones is 1. The number of phenols is 1. The third-order valence-corrected chi connectivity index (χ3v) is 13.1. The summed E-state index contributed by atoms with van der Waals surface area (Å²) in [5.41, 5.74) is 1.02. The van der Waals surface area contributed by atoms with Crippen molar-refractivity contribution >= 4 is 53.0 Å². The van der Waals surface area contributed by atoms with Crippen molar-refractivity contribution in [3.8, 4) is 11.5 Å². The number of carbonyl (C=O) groups is 3. The maximum absolute atomic E-state index is 11.8. The van der Waals surface area contributed by atoms with Crippen molar-refractivity contribution < 1.29 is 34.4 Å². The largest absolute Gasteiger partial charge is 0.507 e. The van der Waals surface area contributed by atoms with Crippen LogP contribution in [0.25, 0.3) is 0 Å². The normalized spacial score (nSPS) is 20.2. The van der Waals surface area contributed by atoms with Gasteiger partial charge in [-0.3, -0.25) is 14.4 Å². The third kappa shape index (κ3) is 9.52. The summed E-state index contributed by atoms with van der Waals surface area (Å²) in [6, 6.07) is 3.41. The number of rotatable bonds is 19. The summed E-state index contributed by atoms with van der Waals surface area (Å²) in [5, 5.41) is 29.5. The van der Waals surface area contributed by atoms with Crippen LogP contribution < -0.4 is 4.74 Å². The van der Waals surface area contributed by atoms with Crippen molar-refractivity contribution in [2.75, 3.05) is 18.1 Å². The van der Waals surface area contributed by atoms with Crippen LogP contribution >= 0.6 is 35.3 Å². The van der Waals surface area contributed by atoms with Gasteiger partial charge in [-0.15, -0.1) is 23.5 Å². The van der Waals surface area contributed by atoms with E-state index in [1.165, 1.54) is 6.92 Å². The van der Waals surface area contributed by atoms with E-state index >= 15 is 0 Å². The standard InChI is InChI=1S/C29H44O7S3/c1-5-10-22-23(12-11-21(20(4)30)27(22)35)36-17-8-9-18-37-19-28(7-3)24(6-2)38-29(39-28,15-13-25(31)32)16-14-26(33)34/h11-12,24,35H,5-10,13-19H2,1-4H3,(H,31,32)(H,33,34). The molecule has 7 nitrogen and oxygen atoms in total. The molecule has 2 rings (SSSR count). The fourth-order valence-electron chi connectivity index (χ4n) is 5.01. The van der Waals surface area contributed by atoms with Crippen LogP contribution in [0, 0.1) is 0 Å². The predicted octanol–water partition coefficient (Wildman–Crippen LogP) is 7.27. The van der Waals surface area contributed by atoms with Gasteiger partial charge in [-0.25, -0.2) is 0 Å². The number of carbonyl (C=O) groups excluding carboxylic acids is 1. The number of carboxylic acids is 2. The van der Waals surface area contributed by atoms with Crippen molar-refractivity contribution in [2.24, 2.45) is 0 Å². The van der Waals surface area contributed by atoms with Crippen molar-refractivity contribution in [1.82, 2.24) is 0 Å². The fraction of sp³-hybridized carbons (Fsp3) is 0.690. The molecule has 0 spiro atoms. The average molecular weight is 601 g/mol. The Hall–Kier alpha value is -1.52. The number of hydrogen-bond acceptors (Lipinski definition) is 8. The highest BCUT2D eigenvalue weighted by Gasteiger charge is 2.54. The summed E-state index contributed by atoms with van der Waals surface area (Å²) < 4.78 is 5.61. The summed E-state index contributed by atoms with van der Waals surface area (Å²) in [4.78, 5) is 34.5. The molecule has 0 bridgehead atoms. The minimum absolute atomic E-state index is 0.0113. The smallest absolute Gasteiger partial charge is 0.303 e. The number of aliphatic carboxylic acids is 2. The number of Topliss-reactive ketones (excluding diaryl/α,β-unsaturated/α-hetero) is 1. The number of phenolic OH excluding ortho intramolecular Hbond substituents is 1. The highest BCUT2D eigenvalue weighted by Crippen LogP contribution is 2.64. The van der Waals surface area contributed by atoms with E-state index in [9.17, 15) is 29.7 Å². The molecule has 2 atom stereocenters. The zero-order chi connectivity index (χ0) is 29.1. The lowest BCUT2D eigenvalue weighted by molar-refractivity contribution is -0.137. The van der Waals surface area contributed by atoms with Gasteiger partial charge in [0, 0.05) is 34.2 Å². The van der Waals surface area contributed by atoms with Crippen molar-refractivity contribution in [3.05, 3.63) is 23.3 Å². The molecule has 0 saturated carbocycles. The SMILES string of the molecule is CCCc1c(OCCCCSCC2(CC)SC(CCC(=O)O)(CCC(=O)O)SC2CC)ccc(C(C)=O)c1O. The lowest BCUT2D eigenvalue weighted by atomic mass is 10.0. The maximum Gasteiger partial charge on any atom is 0.303 e. The van der Waals surface area contributed by atoms with Crippen LogP contribution in [0.15, 0.2) is 12.1 Å². The Bertz CT molecular complexity index is 966. The minimum atomic E-state index is -0.837. The zero-order valence-electron chi connectivity index (χ0n) is 23.6. The van der Waals surface area contributed by atoms with E-state index < -0.39 is 11.9 Å². The second-order valence-electron chi connectivity index (χ2n) is 10.1. The lowest BCUT2D eigenvalue weighted by Crippen LogP contribution is -2.35. The monoisotopic (exact) mass is 600 g/mol. The second-order valence-corrected chi connectivity index (χ2v) is 14.8. The molecule has 1 heterocycles. The Morgan fingerprint density at radius 2 is 1.72 bits per heavy atom. The molecule has 0 aromatic heterocycles. The van der Waals surface area contributed by atoms with E-state index in [2.05, 4.69) is 13.8 Å². The number of carboxylic acid groups (broad SMARTS) is 2. The summed E-state index contributed by atoms with van der Waals surface area (Å²) in [5.74, 6) is 0.754. The van der Waals surface area contributed by atoms with Crippen LogP contribution in [-0.4, -0.2) is 65.2 Å². The molecule has 0 aliphatic carbocycles. The first-order valence-electron chi connectivity index (χ1n) is 13.9. The molecule has 39 heavy (non-hydrogen) atoms. The Kier molecular flexibility index (Phi) is 13.9. The van der Waals surface area contributed by atoms with Crippen LogP contribution in [0.5, 0.6) is 11.5 Å². The average Bonchev–Trinajstić information content (AvgIpc) is 3.21. The molecule has 3 N–H and O–H groups in total. The van der Waals surface area contributed by atoms with Crippen molar-refractivity contribution in [2.45, 2.75) is 106 Å². The van der Waals surface area contributed by atoms with Gasteiger partial charge in [-0.2, -0.15) is 11.8 Å². The molecule has 10 heteroatoms. The van der Waals surface area contributed by atoms with Crippen molar-refractivity contribution in [1.29, 1.82) is 0 Å². The van der Waals surface area contributed by atoms with E-state index in [1.54, 1.807) is 12.1 Å². The van der Waals surface area contributed by atoms with E-state index in [0.717, 1.165) is 43.6 Å². The molecule has 0 radical (unpaired) electrons. The zero-order valence-corrected chi connectivity index (χ0v) is 26.1. The second kappa shape index (κ2) is 16.1. The molecule has 1 fully saturated rings. The number of hydrogen-bond donors (Lipinski definition) is 3. The van der Waals surface area contributed by atoms with Crippen LogP contribution in [0.1, 0.15) is 101 Å². The number of unbranched alkanes of at least 4 members (excludes halogenated alkanes) is 1. The van der Waals surface area contributed by atoms with E-state index in [4.69, 9.17) is 4.74 Å². The molecular weight excluding hydrogens is 557 g/mol. The van der Waals surface area contributed by atoms with Crippen molar-refractivity contribution in [3.63, 3.8) is 0 Å². The lowest BCUT2D eigenvalue weighted by Gasteiger charge is -2.34. The Balaban J connectivity index is 1.92. The van der Waals surface area contributed by atoms with Gasteiger partial charge in [0.15, 0.2) is 5.78 Å². The topological polar surface area (TPSA) is 121 Å². The highest BCUT2D eigenvalue weighted by atomic mass is 32.2. The maximum atomic E-state index is 11.8. The van der Waals surface area contributed by atoms with Crippen LogP contribution in [-0.2, 0) is 16.0 Å².